The summed E-state index contributed by atoms with van der Waals surface area (Å²) in [6.07, 6.45) is 4.89. The minimum absolute atomic E-state index is 0.324. The lowest BCUT2D eigenvalue weighted by atomic mass is 10.3. The second-order valence-electron chi connectivity index (χ2n) is 2.85. The molecule has 3 heteroatoms. The monoisotopic (exact) mass is 177 g/mol. The van der Waals surface area contributed by atoms with Crippen molar-refractivity contribution in [2.75, 3.05) is 19.0 Å². The summed E-state index contributed by atoms with van der Waals surface area (Å²) in [5.74, 6) is 0.751. The fourth-order valence-electron chi connectivity index (χ4n) is 1.22. The van der Waals surface area contributed by atoms with Crippen molar-refractivity contribution in [3.8, 4) is 0 Å². The van der Waals surface area contributed by atoms with E-state index < -0.39 is 0 Å². The number of ether oxygens (including phenoxy) is 1. The summed E-state index contributed by atoms with van der Waals surface area (Å²) in [6.45, 7) is 1.96. The molecule has 1 atom stereocenters. The van der Waals surface area contributed by atoms with Crippen molar-refractivity contribution in [1.82, 2.24) is 5.32 Å². The molecular formula is C8H16ClNO. The number of rotatable bonds is 5. The van der Waals surface area contributed by atoms with E-state index in [2.05, 4.69) is 5.32 Å². The lowest BCUT2D eigenvalue weighted by molar-refractivity contribution is 0.0419. The minimum atomic E-state index is 0.324. The maximum Gasteiger partial charge on any atom is 0.108 e. The van der Waals surface area contributed by atoms with Crippen LogP contribution in [0.25, 0.3) is 0 Å². The van der Waals surface area contributed by atoms with Gasteiger partial charge in [0.2, 0.25) is 0 Å². The van der Waals surface area contributed by atoms with Crippen molar-refractivity contribution in [1.29, 1.82) is 0 Å². The highest BCUT2D eigenvalue weighted by atomic mass is 35.5. The molecule has 1 N–H and O–H groups in total. The lowest BCUT2D eigenvalue weighted by Gasteiger charge is -2.10. The molecule has 0 aromatic heterocycles. The van der Waals surface area contributed by atoms with Crippen LogP contribution < -0.4 is 5.32 Å². The van der Waals surface area contributed by atoms with Crippen molar-refractivity contribution in [2.24, 2.45) is 0 Å². The Morgan fingerprint density at radius 1 is 1.45 bits per heavy atom. The largest absolute Gasteiger partial charge is 0.363 e. The third kappa shape index (κ3) is 3.94. The van der Waals surface area contributed by atoms with Crippen LogP contribution in [0, 0.1) is 0 Å². The van der Waals surface area contributed by atoms with Crippen LogP contribution in [0.4, 0.5) is 0 Å². The molecule has 0 radical (unpaired) electrons. The Hall–Kier alpha value is 0.210. The maximum absolute atomic E-state index is 5.54. The Balaban J connectivity index is 1.86. The van der Waals surface area contributed by atoms with E-state index in [1.54, 1.807) is 0 Å². The summed E-state index contributed by atoms with van der Waals surface area (Å²) in [6, 6.07) is 0. The van der Waals surface area contributed by atoms with Gasteiger partial charge in [0, 0.05) is 12.5 Å². The SMILES string of the molecule is ClCCCCOC1CCCN1. The number of hydrogen-bond acceptors (Lipinski definition) is 2. The van der Waals surface area contributed by atoms with Gasteiger partial charge in [-0.3, -0.25) is 5.32 Å². The molecule has 1 rings (SSSR count). The first-order valence-electron chi connectivity index (χ1n) is 4.34. The van der Waals surface area contributed by atoms with Crippen molar-refractivity contribution < 1.29 is 4.74 Å². The molecule has 0 aromatic rings. The Labute approximate surface area is 73.3 Å². The molecule has 0 amide bonds. The van der Waals surface area contributed by atoms with Crippen LogP contribution in [-0.2, 0) is 4.74 Å². The molecule has 1 aliphatic heterocycles. The van der Waals surface area contributed by atoms with Gasteiger partial charge in [-0.05, 0) is 32.2 Å². The van der Waals surface area contributed by atoms with E-state index >= 15 is 0 Å². The molecule has 1 saturated heterocycles. The van der Waals surface area contributed by atoms with Crippen LogP contribution in [0.2, 0.25) is 0 Å². The van der Waals surface area contributed by atoms with E-state index in [9.17, 15) is 0 Å². The topological polar surface area (TPSA) is 21.3 Å². The molecule has 2 nitrogen and oxygen atoms in total. The van der Waals surface area contributed by atoms with Gasteiger partial charge in [0.15, 0.2) is 0 Å². The fraction of sp³-hybridized carbons (Fsp3) is 1.00. The molecule has 0 spiro atoms. The Kier molecular flexibility index (Phi) is 4.91. The molecule has 1 fully saturated rings. The number of unbranched alkanes of at least 4 members (excludes halogenated alkanes) is 1. The summed E-state index contributed by atoms with van der Waals surface area (Å²) >= 11 is 5.53. The Morgan fingerprint density at radius 3 is 3.00 bits per heavy atom. The second-order valence-corrected chi connectivity index (χ2v) is 3.23. The number of hydrogen-bond donors (Lipinski definition) is 1. The zero-order valence-corrected chi connectivity index (χ0v) is 7.57. The lowest BCUT2D eigenvalue weighted by Crippen LogP contribution is -2.24. The first kappa shape index (κ1) is 9.30. The molecule has 0 aromatic carbocycles. The van der Waals surface area contributed by atoms with Crippen LogP contribution in [0.3, 0.4) is 0 Å². The van der Waals surface area contributed by atoms with Gasteiger partial charge in [-0.2, -0.15) is 0 Å². The van der Waals surface area contributed by atoms with Crippen molar-refractivity contribution in [3.05, 3.63) is 0 Å². The van der Waals surface area contributed by atoms with Gasteiger partial charge in [0.25, 0.3) is 0 Å². The van der Waals surface area contributed by atoms with Gasteiger partial charge >= 0.3 is 0 Å². The highest BCUT2D eigenvalue weighted by molar-refractivity contribution is 6.17. The quantitative estimate of drug-likeness (QED) is 0.510. The van der Waals surface area contributed by atoms with E-state index in [0.717, 1.165) is 31.9 Å². The fourth-order valence-corrected chi connectivity index (χ4v) is 1.41. The molecule has 1 heterocycles. The highest BCUT2D eigenvalue weighted by Crippen LogP contribution is 2.06. The van der Waals surface area contributed by atoms with E-state index in [4.69, 9.17) is 16.3 Å². The van der Waals surface area contributed by atoms with Crippen molar-refractivity contribution >= 4 is 11.6 Å². The number of halogens is 1. The molecule has 66 valence electrons. The molecule has 1 unspecified atom stereocenters. The number of alkyl halides is 1. The average Bonchev–Trinajstić information content (AvgIpc) is 2.50. The van der Waals surface area contributed by atoms with Gasteiger partial charge in [-0.1, -0.05) is 0 Å². The average molecular weight is 178 g/mol. The second kappa shape index (κ2) is 5.81. The summed E-state index contributed by atoms with van der Waals surface area (Å²) in [7, 11) is 0. The van der Waals surface area contributed by atoms with Crippen LogP contribution in [0.1, 0.15) is 25.7 Å². The first-order valence-corrected chi connectivity index (χ1v) is 4.88. The van der Waals surface area contributed by atoms with Crippen LogP contribution >= 0.6 is 11.6 Å². The summed E-state index contributed by atoms with van der Waals surface area (Å²) < 4.78 is 5.54. The van der Waals surface area contributed by atoms with Crippen LogP contribution in [0.15, 0.2) is 0 Å². The van der Waals surface area contributed by atoms with Crippen molar-refractivity contribution in [2.45, 2.75) is 31.9 Å². The smallest absolute Gasteiger partial charge is 0.108 e. The normalized spacial score (nSPS) is 24.3. The molecule has 11 heavy (non-hydrogen) atoms. The zero-order chi connectivity index (χ0) is 7.94. The molecular weight excluding hydrogens is 162 g/mol. The van der Waals surface area contributed by atoms with E-state index in [-0.39, 0.29) is 0 Å². The van der Waals surface area contributed by atoms with Gasteiger partial charge in [0.05, 0.1) is 0 Å². The predicted molar refractivity (Wildman–Crippen MR) is 46.9 cm³/mol. The summed E-state index contributed by atoms with van der Waals surface area (Å²) in [5.41, 5.74) is 0. The molecule has 0 bridgehead atoms. The van der Waals surface area contributed by atoms with Gasteiger partial charge < -0.3 is 4.74 Å². The Morgan fingerprint density at radius 2 is 2.36 bits per heavy atom. The first-order chi connectivity index (χ1) is 5.43. The minimum Gasteiger partial charge on any atom is -0.363 e. The number of nitrogens with one attached hydrogen (secondary N) is 1. The van der Waals surface area contributed by atoms with E-state index in [1.165, 1.54) is 12.8 Å². The van der Waals surface area contributed by atoms with Gasteiger partial charge in [-0.25, -0.2) is 0 Å². The molecule has 1 aliphatic rings. The predicted octanol–water partition coefficient (Wildman–Crippen LogP) is 1.73. The highest BCUT2D eigenvalue weighted by Gasteiger charge is 2.12. The van der Waals surface area contributed by atoms with Gasteiger partial charge in [-0.15, -0.1) is 11.6 Å². The zero-order valence-electron chi connectivity index (χ0n) is 6.81. The standard InChI is InChI=1S/C8H16ClNO/c9-5-1-2-7-11-8-4-3-6-10-8/h8,10H,1-7H2. The summed E-state index contributed by atoms with van der Waals surface area (Å²) in [4.78, 5) is 0. The Bertz CT molecular complexity index is 94.1. The van der Waals surface area contributed by atoms with Crippen LogP contribution in [0.5, 0.6) is 0 Å². The van der Waals surface area contributed by atoms with E-state index in [0.29, 0.717) is 6.23 Å². The third-order valence-corrected chi connectivity index (χ3v) is 2.13. The third-order valence-electron chi connectivity index (χ3n) is 1.86. The molecule has 0 saturated carbocycles. The maximum atomic E-state index is 5.54. The summed E-state index contributed by atoms with van der Waals surface area (Å²) in [5, 5.41) is 3.28. The van der Waals surface area contributed by atoms with Crippen molar-refractivity contribution in [3.63, 3.8) is 0 Å². The van der Waals surface area contributed by atoms with E-state index in [1.807, 2.05) is 0 Å². The molecule has 0 aliphatic carbocycles. The van der Waals surface area contributed by atoms with Gasteiger partial charge in [0.1, 0.15) is 6.23 Å². The van der Waals surface area contributed by atoms with Crippen LogP contribution in [-0.4, -0.2) is 25.3 Å².